The number of benzene rings is 1. The van der Waals surface area contributed by atoms with Crippen molar-refractivity contribution in [2.45, 2.75) is 18.4 Å². The predicted molar refractivity (Wildman–Crippen MR) is 58.4 cm³/mol. The average Bonchev–Trinajstić information content (AvgIpc) is 2.92. The van der Waals surface area contributed by atoms with Crippen molar-refractivity contribution in [2.24, 2.45) is 5.73 Å². The summed E-state index contributed by atoms with van der Waals surface area (Å²) in [5, 5.41) is 2.44. The highest BCUT2D eigenvalue weighted by molar-refractivity contribution is 6.00. The Balaban J connectivity index is 0.00000128. The molecule has 1 amide bonds. The highest BCUT2D eigenvalue weighted by Crippen LogP contribution is 2.33. The van der Waals surface area contributed by atoms with Gasteiger partial charge in [-0.2, -0.15) is 0 Å². The normalized spacial score (nSPS) is 16.2. The number of nitrogens with one attached hydrogen (secondary N) is 1. The molecule has 0 aliphatic heterocycles. The number of hydrogen-bond acceptors (Lipinski definition) is 2. The molecule has 0 unspecified atom stereocenters. The minimum atomic E-state index is -0.991. The maximum Gasteiger partial charge on any atom is 0.244 e. The van der Waals surface area contributed by atoms with Gasteiger partial charge in [-0.1, -0.05) is 0 Å². The highest BCUT2D eigenvalue weighted by atomic mass is 35.5. The van der Waals surface area contributed by atoms with E-state index in [0.717, 1.165) is 12.1 Å². The molecule has 0 saturated heterocycles. The van der Waals surface area contributed by atoms with E-state index in [0.29, 0.717) is 12.8 Å². The first kappa shape index (κ1) is 12.9. The molecule has 16 heavy (non-hydrogen) atoms. The summed E-state index contributed by atoms with van der Waals surface area (Å²) in [7, 11) is 0. The molecule has 1 aromatic carbocycles. The number of halogens is 3. The van der Waals surface area contributed by atoms with Crippen molar-refractivity contribution in [1.29, 1.82) is 0 Å². The standard InChI is InChI=1S/C10H10F2N2O.ClH/c11-7-2-1-6(5-8(7)12)14-9(15)10(13)3-4-10;/h1-2,5H,3-4,13H2,(H,14,15);1H. The fourth-order valence-electron chi connectivity index (χ4n) is 1.19. The molecule has 88 valence electrons. The van der Waals surface area contributed by atoms with Crippen LogP contribution in [-0.4, -0.2) is 11.4 Å². The zero-order valence-electron chi connectivity index (χ0n) is 8.30. The number of anilines is 1. The Labute approximate surface area is 97.4 Å². The van der Waals surface area contributed by atoms with Crippen LogP contribution in [0.15, 0.2) is 18.2 Å². The summed E-state index contributed by atoms with van der Waals surface area (Å²) in [6.45, 7) is 0. The molecule has 0 heterocycles. The van der Waals surface area contributed by atoms with Gasteiger partial charge in [0.1, 0.15) is 0 Å². The van der Waals surface area contributed by atoms with Crippen molar-refractivity contribution in [3.05, 3.63) is 29.8 Å². The second-order valence-corrected chi connectivity index (χ2v) is 3.74. The zero-order valence-corrected chi connectivity index (χ0v) is 9.11. The number of carbonyl (C=O) groups excluding carboxylic acids is 1. The van der Waals surface area contributed by atoms with Crippen LogP contribution in [0.3, 0.4) is 0 Å². The van der Waals surface area contributed by atoms with Crippen LogP contribution < -0.4 is 11.1 Å². The van der Waals surface area contributed by atoms with Gasteiger partial charge in [-0.05, 0) is 25.0 Å². The van der Waals surface area contributed by atoms with Gasteiger partial charge in [-0.3, -0.25) is 4.79 Å². The van der Waals surface area contributed by atoms with Gasteiger partial charge < -0.3 is 11.1 Å². The third kappa shape index (κ3) is 2.48. The number of carbonyl (C=O) groups is 1. The topological polar surface area (TPSA) is 55.1 Å². The second-order valence-electron chi connectivity index (χ2n) is 3.74. The van der Waals surface area contributed by atoms with Crippen LogP contribution in [0.4, 0.5) is 14.5 Å². The smallest absolute Gasteiger partial charge is 0.244 e. The molecular weight excluding hydrogens is 238 g/mol. The van der Waals surface area contributed by atoms with E-state index in [2.05, 4.69) is 5.32 Å². The Morgan fingerprint density at radius 2 is 1.94 bits per heavy atom. The van der Waals surface area contributed by atoms with Crippen molar-refractivity contribution >= 4 is 24.0 Å². The van der Waals surface area contributed by atoms with Crippen LogP contribution in [-0.2, 0) is 4.79 Å². The van der Waals surface area contributed by atoms with Gasteiger partial charge in [-0.15, -0.1) is 12.4 Å². The van der Waals surface area contributed by atoms with Gasteiger partial charge in [0.2, 0.25) is 5.91 Å². The molecule has 0 bridgehead atoms. The Bertz CT molecular complexity index is 421. The molecule has 1 saturated carbocycles. The van der Waals surface area contributed by atoms with Crippen molar-refractivity contribution in [3.63, 3.8) is 0 Å². The van der Waals surface area contributed by atoms with Crippen LogP contribution in [0.5, 0.6) is 0 Å². The number of nitrogens with two attached hydrogens (primary N) is 1. The van der Waals surface area contributed by atoms with E-state index in [-0.39, 0.29) is 24.0 Å². The summed E-state index contributed by atoms with van der Waals surface area (Å²) < 4.78 is 25.4. The lowest BCUT2D eigenvalue weighted by Gasteiger charge is -2.09. The first-order valence-corrected chi connectivity index (χ1v) is 4.57. The van der Waals surface area contributed by atoms with Crippen LogP contribution in [0.25, 0.3) is 0 Å². The summed E-state index contributed by atoms with van der Waals surface area (Å²) in [6.07, 6.45) is 1.25. The molecule has 1 aliphatic carbocycles. The Morgan fingerprint density at radius 1 is 1.31 bits per heavy atom. The molecule has 1 aliphatic rings. The van der Waals surface area contributed by atoms with Gasteiger partial charge in [-0.25, -0.2) is 8.78 Å². The first-order chi connectivity index (χ1) is 7.01. The summed E-state index contributed by atoms with van der Waals surface area (Å²) >= 11 is 0. The molecule has 1 fully saturated rings. The van der Waals surface area contributed by atoms with Crippen molar-refractivity contribution in [2.75, 3.05) is 5.32 Å². The minimum absolute atomic E-state index is 0. The molecule has 0 aromatic heterocycles. The summed E-state index contributed by atoms with van der Waals surface area (Å²) in [4.78, 5) is 11.4. The van der Waals surface area contributed by atoms with E-state index in [4.69, 9.17) is 5.73 Å². The Hall–Kier alpha value is -1.20. The quantitative estimate of drug-likeness (QED) is 0.839. The van der Waals surface area contributed by atoms with Gasteiger partial charge in [0.25, 0.3) is 0 Å². The van der Waals surface area contributed by atoms with E-state index in [9.17, 15) is 13.6 Å². The van der Waals surface area contributed by atoms with Gasteiger partial charge in [0, 0.05) is 11.8 Å². The fourth-order valence-corrected chi connectivity index (χ4v) is 1.19. The van der Waals surface area contributed by atoms with E-state index < -0.39 is 17.2 Å². The third-order valence-corrected chi connectivity index (χ3v) is 2.42. The number of amides is 1. The van der Waals surface area contributed by atoms with E-state index >= 15 is 0 Å². The summed E-state index contributed by atoms with van der Waals surface area (Å²) in [6, 6.07) is 3.18. The third-order valence-electron chi connectivity index (χ3n) is 2.42. The maximum atomic E-state index is 12.8. The van der Waals surface area contributed by atoms with Crippen LogP contribution >= 0.6 is 12.4 Å². The first-order valence-electron chi connectivity index (χ1n) is 4.57. The van der Waals surface area contributed by atoms with Crippen molar-refractivity contribution in [1.82, 2.24) is 0 Å². The van der Waals surface area contributed by atoms with Crippen LogP contribution in [0.2, 0.25) is 0 Å². The molecular formula is C10H11ClF2N2O. The van der Waals surface area contributed by atoms with Gasteiger partial charge in [0.05, 0.1) is 5.54 Å². The van der Waals surface area contributed by atoms with Gasteiger partial charge in [0.15, 0.2) is 11.6 Å². The van der Waals surface area contributed by atoms with E-state index in [1.54, 1.807) is 0 Å². The fraction of sp³-hybridized carbons (Fsp3) is 0.300. The molecule has 1 aromatic rings. The molecule has 0 atom stereocenters. The lowest BCUT2D eigenvalue weighted by Crippen LogP contribution is -2.37. The van der Waals surface area contributed by atoms with E-state index in [1.807, 2.05) is 0 Å². The SMILES string of the molecule is Cl.NC1(C(=O)Nc2ccc(F)c(F)c2)CC1. The monoisotopic (exact) mass is 248 g/mol. The summed E-state index contributed by atoms with van der Waals surface area (Å²) in [5.74, 6) is -2.29. The minimum Gasteiger partial charge on any atom is -0.324 e. The zero-order chi connectivity index (χ0) is 11.1. The van der Waals surface area contributed by atoms with Crippen molar-refractivity contribution in [3.8, 4) is 0 Å². The lowest BCUT2D eigenvalue weighted by molar-refractivity contribution is -0.118. The van der Waals surface area contributed by atoms with Crippen LogP contribution in [0, 0.1) is 11.6 Å². The molecule has 0 spiro atoms. The van der Waals surface area contributed by atoms with E-state index in [1.165, 1.54) is 6.07 Å². The molecule has 6 heteroatoms. The lowest BCUT2D eigenvalue weighted by atomic mass is 10.2. The number of rotatable bonds is 2. The average molecular weight is 249 g/mol. The molecule has 3 nitrogen and oxygen atoms in total. The predicted octanol–water partition coefficient (Wildman–Crippen LogP) is 1.82. The second kappa shape index (κ2) is 4.35. The maximum absolute atomic E-state index is 12.8. The Kier molecular flexibility index (Phi) is 3.50. The number of hydrogen-bond donors (Lipinski definition) is 2. The summed E-state index contributed by atoms with van der Waals surface area (Å²) in [5.41, 5.74) is 5.03. The largest absolute Gasteiger partial charge is 0.324 e. The van der Waals surface area contributed by atoms with Gasteiger partial charge >= 0.3 is 0 Å². The highest BCUT2D eigenvalue weighted by Gasteiger charge is 2.45. The molecule has 2 rings (SSSR count). The molecule has 0 radical (unpaired) electrons. The Morgan fingerprint density at radius 3 is 2.44 bits per heavy atom. The van der Waals surface area contributed by atoms with Crippen LogP contribution in [0.1, 0.15) is 12.8 Å². The molecule has 3 N–H and O–H groups in total. The van der Waals surface area contributed by atoms with Crippen molar-refractivity contribution < 1.29 is 13.6 Å².